The Hall–Kier alpha value is -2.36. The normalized spacial score (nSPS) is 12.4. The average Bonchev–Trinajstić information content (AvgIpc) is 2.90. The van der Waals surface area contributed by atoms with E-state index < -0.39 is 0 Å². The van der Waals surface area contributed by atoms with Crippen LogP contribution in [0.5, 0.6) is 0 Å². The van der Waals surface area contributed by atoms with Gasteiger partial charge in [0.1, 0.15) is 5.82 Å². The molecule has 0 radical (unpaired) electrons. The molecule has 0 bridgehead atoms. The Morgan fingerprint density at radius 3 is 2.45 bits per heavy atom. The number of halogens is 1. The highest BCUT2D eigenvalue weighted by atomic mass is 19.1. The summed E-state index contributed by atoms with van der Waals surface area (Å²) < 4.78 is 17.8. The second-order valence-corrected chi connectivity index (χ2v) is 5.26. The van der Waals surface area contributed by atoms with E-state index in [1.165, 1.54) is 6.07 Å². The predicted molar refractivity (Wildman–Crippen MR) is 87.7 cm³/mol. The zero-order chi connectivity index (χ0) is 15.9. The molecule has 1 aliphatic rings. The molecule has 4 rings (SSSR count). The minimum Gasteiger partial charge on any atom is -0.337 e. The van der Waals surface area contributed by atoms with E-state index in [0.717, 1.165) is 22.5 Å². The lowest BCUT2D eigenvalue weighted by Gasteiger charge is -2.22. The van der Waals surface area contributed by atoms with Crippen molar-refractivity contribution in [1.82, 2.24) is 9.13 Å². The molecule has 22 heavy (non-hydrogen) atoms. The molecule has 0 unspecified atom stereocenters. The van der Waals surface area contributed by atoms with Gasteiger partial charge in [0.25, 0.3) is 5.56 Å². The van der Waals surface area contributed by atoms with Gasteiger partial charge in [0.2, 0.25) is 0 Å². The standard InChI is InChI=1S/C16H13FN2O.C2H6/c1-10-7-14-15-9-11-12(17)3-2-4-13(11)18(15)5-6-19(14)16(20)8-10;1-2/h2-4,7-9H,5-6H2,1H3;1-2H3. The van der Waals surface area contributed by atoms with Crippen LogP contribution >= 0.6 is 0 Å². The summed E-state index contributed by atoms with van der Waals surface area (Å²) in [6, 6.07) is 10.6. The molecule has 0 amide bonds. The van der Waals surface area contributed by atoms with E-state index >= 15 is 0 Å². The van der Waals surface area contributed by atoms with Crippen molar-refractivity contribution in [3.8, 4) is 11.4 Å². The number of rotatable bonds is 0. The smallest absolute Gasteiger partial charge is 0.251 e. The lowest BCUT2D eigenvalue weighted by molar-refractivity contribution is 0.554. The molecule has 0 fully saturated rings. The van der Waals surface area contributed by atoms with E-state index in [4.69, 9.17) is 0 Å². The number of hydrogen-bond acceptors (Lipinski definition) is 1. The van der Waals surface area contributed by atoms with Gasteiger partial charge in [-0.25, -0.2) is 4.39 Å². The van der Waals surface area contributed by atoms with Crippen molar-refractivity contribution in [2.45, 2.75) is 33.9 Å². The van der Waals surface area contributed by atoms with E-state index in [1.807, 2.05) is 39.0 Å². The summed E-state index contributed by atoms with van der Waals surface area (Å²) in [6.45, 7) is 7.23. The van der Waals surface area contributed by atoms with Crippen LogP contribution in [-0.4, -0.2) is 9.13 Å². The summed E-state index contributed by atoms with van der Waals surface area (Å²) in [4.78, 5) is 12.1. The van der Waals surface area contributed by atoms with Gasteiger partial charge in [-0.1, -0.05) is 19.9 Å². The highest BCUT2D eigenvalue weighted by Crippen LogP contribution is 2.32. The van der Waals surface area contributed by atoms with Gasteiger partial charge in [0.05, 0.1) is 16.9 Å². The minimum absolute atomic E-state index is 0.0111. The molecular formula is C18H19FN2O. The largest absolute Gasteiger partial charge is 0.337 e. The molecule has 0 spiro atoms. The van der Waals surface area contributed by atoms with Gasteiger partial charge >= 0.3 is 0 Å². The first-order valence-corrected chi connectivity index (χ1v) is 7.65. The van der Waals surface area contributed by atoms with Gasteiger partial charge in [-0.2, -0.15) is 0 Å². The van der Waals surface area contributed by atoms with Crippen molar-refractivity contribution >= 4 is 10.9 Å². The van der Waals surface area contributed by atoms with Gasteiger partial charge in [-0.15, -0.1) is 0 Å². The molecule has 0 saturated heterocycles. The van der Waals surface area contributed by atoms with Crippen molar-refractivity contribution in [2.75, 3.05) is 0 Å². The average molecular weight is 298 g/mol. The molecule has 0 N–H and O–H groups in total. The van der Waals surface area contributed by atoms with E-state index in [1.54, 1.807) is 16.7 Å². The highest BCUT2D eigenvalue weighted by Gasteiger charge is 2.20. The van der Waals surface area contributed by atoms with Crippen LogP contribution in [0, 0.1) is 12.7 Å². The third kappa shape index (κ3) is 2.06. The number of benzene rings is 1. The zero-order valence-corrected chi connectivity index (χ0v) is 13.1. The number of aromatic nitrogens is 2. The summed E-state index contributed by atoms with van der Waals surface area (Å²) in [7, 11) is 0. The Balaban J connectivity index is 0.000000693. The number of hydrogen-bond donors (Lipinski definition) is 0. The van der Waals surface area contributed by atoms with E-state index in [9.17, 15) is 9.18 Å². The van der Waals surface area contributed by atoms with Crippen LogP contribution in [0.4, 0.5) is 4.39 Å². The molecule has 0 saturated carbocycles. The molecule has 3 heterocycles. The van der Waals surface area contributed by atoms with Gasteiger partial charge in [0, 0.05) is 24.5 Å². The lowest BCUT2D eigenvalue weighted by atomic mass is 10.1. The molecule has 1 aromatic carbocycles. The van der Waals surface area contributed by atoms with E-state index in [2.05, 4.69) is 4.57 Å². The highest BCUT2D eigenvalue weighted by molar-refractivity contribution is 5.87. The summed E-state index contributed by atoms with van der Waals surface area (Å²) in [5.74, 6) is -0.217. The Morgan fingerprint density at radius 2 is 1.68 bits per heavy atom. The summed E-state index contributed by atoms with van der Waals surface area (Å²) in [5, 5.41) is 0.616. The number of fused-ring (bicyclic) bond motifs is 5. The SMILES string of the molecule is CC.Cc1cc2n(c(=O)c1)CCn1c-2cc2c(F)cccc21. The summed E-state index contributed by atoms with van der Waals surface area (Å²) >= 11 is 0. The fourth-order valence-corrected chi connectivity index (χ4v) is 3.07. The maximum absolute atomic E-state index is 13.9. The zero-order valence-electron chi connectivity index (χ0n) is 13.1. The van der Waals surface area contributed by atoms with Crippen LogP contribution in [-0.2, 0) is 13.1 Å². The molecule has 4 heteroatoms. The van der Waals surface area contributed by atoms with Gasteiger partial charge in [0.15, 0.2) is 0 Å². The Morgan fingerprint density at radius 1 is 1.00 bits per heavy atom. The topological polar surface area (TPSA) is 26.9 Å². The third-order valence-electron chi connectivity index (χ3n) is 3.97. The fourth-order valence-electron chi connectivity index (χ4n) is 3.07. The monoisotopic (exact) mass is 298 g/mol. The van der Waals surface area contributed by atoms with Crippen LogP contribution in [0.15, 0.2) is 41.2 Å². The molecule has 1 aliphatic heterocycles. The first-order valence-electron chi connectivity index (χ1n) is 7.65. The van der Waals surface area contributed by atoms with Gasteiger partial charge in [-0.05, 0) is 36.8 Å². The van der Waals surface area contributed by atoms with Gasteiger partial charge < -0.3 is 9.13 Å². The van der Waals surface area contributed by atoms with Crippen LogP contribution in [0.1, 0.15) is 19.4 Å². The number of nitrogens with zero attached hydrogens (tertiary/aromatic N) is 2. The Labute approximate surface area is 128 Å². The first kappa shape index (κ1) is 14.6. The van der Waals surface area contributed by atoms with Crippen LogP contribution in [0.25, 0.3) is 22.3 Å². The summed E-state index contributed by atoms with van der Waals surface area (Å²) in [6.07, 6.45) is 0. The molecule has 3 nitrogen and oxygen atoms in total. The second kappa shape index (κ2) is 5.44. The minimum atomic E-state index is -0.217. The lowest BCUT2D eigenvalue weighted by Crippen LogP contribution is -2.27. The number of pyridine rings is 1. The van der Waals surface area contributed by atoms with Gasteiger partial charge in [-0.3, -0.25) is 4.79 Å². The van der Waals surface area contributed by atoms with Crippen molar-refractivity contribution in [1.29, 1.82) is 0 Å². The molecule has 3 aromatic rings. The fraction of sp³-hybridized carbons (Fsp3) is 0.278. The van der Waals surface area contributed by atoms with Crippen LogP contribution < -0.4 is 5.56 Å². The van der Waals surface area contributed by atoms with Crippen molar-refractivity contribution < 1.29 is 4.39 Å². The van der Waals surface area contributed by atoms with E-state index in [0.29, 0.717) is 18.5 Å². The van der Waals surface area contributed by atoms with Crippen LogP contribution in [0.3, 0.4) is 0 Å². The van der Waals surface area contributed by atoms with Crippen molar-refractivity contribution in [2.24, 2.45) is 0 Å². The van der Waals surface area contributed by atoms with Crippen molar-refractivity contribution in [3.05, 3.63) is 58.1 Å². The molecule has 0 aliphatic carbocycles. The van der Waals surface area contributed by atoms with Crippen LogP contribution in [0.2, 0.25) is 0 Å². The van der Waals surface area contributed by atoms with Crippen molar-refractivity contribution in [3.63, 3.8) is 0 Å². The quantitative estimate of drug-likeness (QED) is 0.617. The Kier molecular flexibility index (Phi) is 3.61. The second-order valence-electron chi connectivity index (χ2n) is 5.26. The first-order chi connectivity index (χ1) is 10.6. The Bertz CT molecular complexity index is 905. The summed E-state index contributed by atoms with van der Waals surface area (Å²) in [5.41, 5.74) is 3.62. The third-order valence-corrected chi connectivity index (χ3v) is 3.97. The number of aryl methyl sites for hydroxylation is 2. The maximum atomic E-state index is 13.9. The maximum Gasteiger partial charge on any atom is 0.251 e. The molecule has 0 atom stereocenters. The molecular weight excluding hydrogens is 279 g/mol. The predicted octanol–water partition coefficient (Wildman–Crippen LogP) is 3.96. The van der Waals surface area contributed by atoms with E-state index in [-0.39, 0.29) is 11.4 Å². The molecule has 114 valence electrons. The molecule has 2 aromatic heterocycles.